The second-order valence-corrected chi connectivity index (χ2v) is 8.52. The molecule has 0 aromatic heterocycles. The van der Waals surface area contributed by atoms with Gasteiger partial charge in [0.2, 0.25) is 0 Å². The second kappa shape index (κ2) is 8.49. The monoisotopic (exact) mass is 355 g/mol. The molecule has 2 saturated heterocycles. The van der Waals surface area contributed by atoms with E-state index in [4.69, 9.17) is 4.74 Å². The first-order valence-corrected chi connectivity index (χ1v) is 10.2. The molecule has 0 saturated carbocycles. The molecule has 8 heteroatoms. The molecule has 7 nitrogen and oxygen atoms in total. The lowest BCUT2D eigenvalue weighted by molar-refractivity contribution is -0.127. The molecule has 2 rings (SSSR count). The smallest absolute Gasteiger partial charge is 0.266 e. The van der Waals surface area contributed by atoms with Crippen LogP contribution in [0.1, 0.15) is 25.7 Å². The Hall–Kier alpha value is -1.59. The van der Waals surface area contributed by atoms with Crippen molar-refractivity contribution in [1.82, 2.24) is 9.80 Å². The third-order valence-electron chi connectivity index (χ3n) is 4.52. The number of hydrogen-bond acceptors (Lipinski definition) is 6. The Morgan fingerprint density at radius 2 is 2.08 bits per heavy atom. The van der Waals surface area contributed by atoms with Gasteiger partial charge in [-0.15, -0.1) is 0 Å². The molecule has 2 aliphatic rings. The minimum absolute atomic E-state index is 0.0594. The van der Waals surface area contributed by atoms with Crippen LogP contribution in [0, 0.1) is 11.3 Å². The molecule has 0 N–H and O–H groups in total. The fourth-order valence-corrected chi connectivity index (χ4v) is 4.89. The van der Waals surface area contributed by atoms with Crippen molar-refractivity contribution in [2.75, 3.05) is 44.9 Å². The highest BCUT2D eigenvalue weighted by atomic mass is 32.2. The van der Waals surface area contributed by atoms with Crippen molar-refractivity contribution in [3.63, 3.8) is 0 Å². The molecule has 134 valence electrons. The number of carbonyl (C=O) groups excluding carboxylic acids is 1. The largest absolute Gasteiger partial charge is 0.383 e. The Labute approximate surface area is 143 Å². The fourth-order valence-electron chi connectivity index (χ4n) is 3.15. The van der Waals surface area contributed by atoms with E-state index in [9.17, 15) is 18.5 Å². The number of likely N-dealkylation sites (tertiary alicyclic amines) is 1. The molecule has 2 aliphatic heterocycles. The summed E-state index contributed by atoms with van der Waals surface area (Å²) in [6, 6.07) is 1.78. The Kier molecular flexibility index (Phi) is 6.63. The van der Waals surface area contributed by atoms with Crippen LogP contribution in [0.5, 0.6) is 0 Å². The van der Waals surface area contributed by atoms with Gasteiger partial charge in [0.05, 0.1) is 18.1 Å². The fraction of sp³-hybridized carbons (Fsp3) is 0.750. The van der Waals surface area contributed by atoms with Crippen molar-refractivity contribution >= 4 is 15.7 Å². The number of nitriles is 1. The van der Waals surface area contributed by atoms with Crippen molar-refractivity contribution in [3.05, 3.63) is 11.8 Å². The molecule has 0 aliphatic carbocycles. The minimum Gasteiger partial charge on any atom is -0.383 e. The van der Waals surface area contributed by atoms with Crippen LogP contribution in [-0.4, -0.2) is 75.0 Å². The number of amides is 1. The first-order chi connectivity index (χ1) is 11.5. The number of piperidine rings is 1. The lowest BCUT2D eigenvalue weighted by Crippen LogP contribution is -2.39. The van der Waals surface area contributed by atoms with Gasteiger partial charge in [-0.1, -0.05) is 0 Å². The average molecular weight is 355 g/mol. The molecule has 0 aromatic rings. The van der Waals surface area contributed by atoms with Crippen molar-refractivity contribution in [3.8, 4) is 6.07 Å². The van der Waals surface area contributed by atoms with Gasteiger partial charge in [-0.25, -0.2) is 8.42 Å². The zero-order valence-electron chi connectivity index (χ0n) is 14.1. The predicted molar refractivity (Wildman–Crippen MR) is 89.8 cm³/mol. The number of methoxy groups -OCH3 is 1. The van der Waals surface area contributed by atoms with Crippen molar-refractivity contribution in [1.29, 1.82) is 5.26 Å². The first-order valence-electron chi connectivity index (χ1n) is 8.33. The molecule has 0 spiro atoms. The van der Waals surface area contributed by atoms with E-state index in [1.807, 2.05) is 6.07 Å². The molecule has 0 radical (unpaired) electrons. The van der Waals surface area contributed by atoms with E-state index in [-0.39, 0.29) is 29.0 Å². The van der Waals surface area contributed by atoms with E-state index in [0.29, 0.717) is 32.7 Å². The molecule has 1 atom stereocenters. The molecule has 0 bridgehead atoms. The summed E-state index contributed by atoms with van der Waals surface area (Å²) in [5.41, 5.74) is 0.0669. The Balaban J connectivity index is 2.15. The third-order valence-corrected chi connectivity index (χ3v) is 6.27. The van der Waals surface area contributed by atoms with Crippen LogP contribution in [0.15, 0.2) is 11.8 Å². The molecular formula is C16H25N3O4S. The summed E-state index contributed by atoms with van der Waals surface area (Å²) in [6.07, 6.45) is 5.06. The van der Waals surface area contributed by atoms with Gasteiger partial charge in [0.25, 0.3) is 5.91 Å². The first kappa shape index (κ1) is 18.7. The molecule has 0 aromatic carbocycles. The number of rotatable bonds is 6. The maximum absolute atomic E-state index is 12.5. The van der Waals surface area contributed by atoms with Gasteiger partial charge in [0, 0.05) is 39.0 Å². The second-order valence-electron chi connectivity index (χ2n) is 6.29. The molecule has 2 fully saturated rings. The maximum atomic E-state index is 12.5. The van der Waals surface area contributed by atoms with Crippen molar-refractivity contribution in [2.45, 2.75) is 31.7 Å². The van der Waals surface area contributed by atoms with E-state index in [1.54, 1.807) is 16.9 Å². The van der Waals surface area contributed by atoms with E-state index >= 15 is 0 Å². The van der Waals surface area contributed by atoms with Crippen LogP contribution in [0.4, 0.5) is 0 Å². The Morgan fingerprint density at radius 3 is 2.62 bits per heavy atom. The van der Waals surface area contributed by atoms with Crippen LogP contribution < -0.4 is 0 Å². The lowest BCUT2D eigenvalue weighted by atomic mass is 10.1. The van der Waals surface area contributed by atoms with Crippen LogP contribution in [0.3, 0.4) is 0 Å². The summed E-state index contributed by atoms with van der Waals surface area (Å²) >= 11 is 0. The molecule has 1 unspecified atom stereocenters. The van der Waals surface area contributed by atoms with Crippen LogP contribution in [0.25, 0.3) is 0 Å². The van der Waals surface area contributed by atoms with Crippen molar-refractivity contribution < 1.29 is 17.9 Å². The van der Waals surface area contributed by atoms with E-state index in [2.05, 4.69) is 0 Å². The van der Waals surface area contributed by atoms with Crippen LogP contribution >= 0.6 is 0 Å². The zero-order valence-corrected chi connectivity index (χ0v) is 14.9. The number of nitrogens with zero attached hydrogens (tertiary/aromatic N) is 3. The summed E-state index contributed by atoms with van der Waals surface area (Å²) < 4.78 is 28.6. The highest BCUT2D eigenvalue weighted by Gasteiger charge is 2.32. The topological polar surface area (TPSA) is 90.7 Å². The third kappa shape index (κ3) is 4.95. The maximum Gasteiger partial charge on any atom is 0.266 e. The minimum atomic E-state index is -3.04. The van der Waals surface area contributed by atoms with Crippen molar-refractivity contribution in [2.24, 2.45) is 0 Å². The highest BCUT2D eigenvalue weighted by Crippen LogP contribution is 2.20. The van der Waals surface area contributed by atoms with Gasteiger partial charge in [-0.2, -0.15) is 5.26 Å². The van der Waals surface area contributed by atoms with Crippen LogP contribution in [0.2, 0.25) is 0 Å². The summed E-state index contributed by atoms with van der Waals surface area (Å²) in [5.74, 6) is -0.0544. The number of hydrogen-bond donors (Lipinski definition) is 0. The van der Waals surface area contributed by atoms with Gasteiger partial charge in [0.15, 0.2) is 9.84 Å². The average Bonchev–Trinajstić information content (AvgIpc) is 2.95. The van der Waals surface area contributed by atoms with Gasteiger partial charge in [-0.05, 0) is 25.7 Å². The number of carbonyl (C=O) groups is 1. The van der Waals surface area contributed by atoms with E-state index in [0.717, 1.165) is 19.3 Å². The standard InChI is InChI=1S/C16H25N3O4S/c1-23-9-8-19(15-5-10-24(21,22)13-15)12-14(11-17)16(20)18-6-3-2-4-7-18/h12,15H,2-10,13H2,1H3/b14-12-. The molecule has 24 heavy (non-hydrogen) atoms. The molecule has 2 heterocycles. The van der Waals surface area contributed by atoms with Gasteiger partial charge in [-0.3, -0.25) is 4.79 Å². The number of sulfone groups is 1. The van der Waals surface area contributed by atoms with Gasteiger partial charge in [0.1, 0.15) is 11.6 Å². The Morgan fingerprint density at radius 1 is 1.38 bits per heavy atom. The molecule has 1 amide bonds. The summed E-state index contributed by atoms with van der Waals surface area (Å²) in [7, 11) is -1.47. The van der Waals surface area contributed by atoms with Gasteiger partial charge < -0.3 is 14.5 Å². The highest BCUT2D eigenvalue weighted by molar-refractivity contribution is 7.91. The molecular weight excluding hydrogens is 330 g/mol. The van der Waals surface area contributed by atoms with Crippen LogP contribution in [-0.2, 0) is 19.4 Å². The predicted octanol–water partition coefficient (Wildman–Crippen LogP) is 0.542. The Bertz CT molecular complexity index is 618. The number of ether oxygens (including phenoxy) is 1. The van der Waals surface area contributed by atoms with E-state index < -0.39 is 9.84 Å². The normalized spacial score (nSPS) is 23.8. The van der Waals surface area contributed by atoms with E-state index in [1.165, 1.54) is 6.20 Å². The summed E-state index contributed by atoms with van der Waals surface area (Å²) in [5, 5.41) is 9.40. The summed E-state index contributed by atoms with van der Waals surface area (Å²) in [6.45, 7) is 2.21. The zero-order chi connectivity index (χ0) is 17.6. The quantitative estimate of drug-likeness (QED) is 0.510. The lowest BCUT2D eigenvalue weighted by Gasteiger charge is -2.29. The SMILES string of the molecule is COCCN(/C=C(/C#N)C(=O)N1CCCCC1)C1CCS(=O)(=O)C1. The van der Waals surface area contributed by atoms with Gasteiger partial charge >= 0.3 is 0 Å². The summed E-state index contributed by atoms with van der Waals surface area (Å²) in [4.78, 5) is 16.0.